The average molecular weight is 555 g/mol. The molecule has 3 aromatic rings. The molecule has 11 heteroatoms. The molecule has 1 saturated heterocycles. The number of nitro benzene ring substituents is 1. The van der Waals surface area contributed by atoms with Crippen molar-refractivity contribution < 1.29 is 14.5 Å². The maximum absolute atomic E-state index is 13.6. The second-order valence-electron chi connectivity index (χ2n) is 9.68. The quantitative estimate of drug-likeness (QED) is 0.333. The fourth-order valence-corrected chi connectivity index (χ4v) is 6.03. The van der Waals surface area contributed by atoms with E-state index in [1.54, 1.807) is 12.1 Å². The summed E-state index contributed by atoms with van der Waals surface area (Å²) in [6.45, 7) is 2.63. The molecule has 6 rings (SSSR count). The number of anilines is 1. The number of para-hydroxylation sites is 2. The van der Waals surface area contributed by atoms with Gasteiger partial charge in [-0.25, -0.2) is 9.89 Å². The molecule has 3 aromatic carbocycles. The molecule has 2 amide bonds. The summed E-state index contributed by atoms with van der Waals surface area (Å²) < 4.78 is 0. The van der Waals surface area contributed by atoms with Crippen LogP contribution in [-0.4, -0.2) is 69.8 Å². The second-order valence-corrected chi connectivity index (χ2v) is 10.6. The predicted molar refractivity (Wildman–Crippen MR) is 155 cm³/mol. The van der Waals surface area contributed by atoms with Crippen LogP contribution in [0.5, 0.6) is 0 Å². The van der Waals surface area contributed by atoms with E-state index >= 15 is 0 Å². The van der Waals surface area contributed by atoms with Crippen molar-refractivity contribution in [3.63, 3.8) is 0 Å². The minimum atomic E-state index is -0.829. The van der Waals surface area contributed by atoms with Gasteiger partial charge in [-0.1, -0.05) is 54.2 Å². The molecule has 0 N–H and O–H groups in total. The minimum Gasteiger partial charge on any atom is -0.368 e. The van der Waals surface area contributed by atoms with Gasteiger partial charge in [0.1, 0.15) is 11.9 Å². The number of carbonyl (C=O) groups is 2. The molecule has 0 spiro atoms. The second kappa shape index (κ2) is 10.9. The van der Waals surface area contributed by atoms with Crippen LogP contribution in [0, 0.1) is 10.1 Å². The van der Waals surface area contributed by atoms with Gasteiger partial charge in [0.15, 0.2) is 5.17 Å². The van der Waals surface area contributed by atoms with E-state index in [0.29, 0.717) is 35.5 Å². The van der Waals surface area contributed by atoms with Crippen molar-refractivity contribution in [2.75, 3.05) is 31.1 Å². The fourth-order valence-electron chi connectivity index (χ4n) is 5.09. The van der Waals surface area contributed by atoms with E-state index in [2.05, 4.69) is 17.0 Å². The zero-order valence-corrected chi connectivity index (χ0v) is 22.4. The fraction of sp³-hybridized carbons (Fsp3) is 0.241. The number of hydrogen-bond donors (Lipinski definition) is 0. The molecule has 0 bridgehead atoms. The van der Waals surface area contributed by atoms with Crippen molar-refractivity contribution in [2.45, 2.75) is 18.2 Å². The number of non-ortho nitro benzene ring substituents is 1. The van der Waals surface area contributed by atoms with Crippen molar-refractivity contribution in [2.24, 2.45) is 9.98 Å². The van der Waals surface area contributed by atoms with E-state index in [1.807, 2.05) is 47.4 Å². The van der Waals surface area contributed by atoms with Crippen molar-refractivity contribution in [1.29, 1.82) is 0 Å². The molecule has 10 nitrogen and oxygen atoms in total. The molecular weight excluding hydrogens is 528 g/mol. The molecule has 3 aliphatic rings. The van der Waals surface area contributed by atoms with Gasteiger partial charge in [0.2, 0.25) is 5.91 Å². The van der Waals surface area contributed by atoms with Gasteiger partial charge in [0.05, 0.1) is 17.0 Å². The third kappa shape index (κ3) is 5.07. The number of hydrogen-bond acceptors (Lipinski definition) is 8. The summed E-state index contributed by atoms with van der Waals surface area (Å²) in [6, 6.07) is 23.2. The highest BCUT2D eigenvalue weighted by atomic mass is 32.2. The molecule has 0 saturated carbocycles. The van der Waals surface area contributed by atoms with Crippen LogP contribution in [0.4, 0.5) is 17.1 Å². The van der Waals surface area contributed by atoms with Crippen LogP contribution in [0.15, 0.2) is 88.8 Å². The van der Waals surface area contributed by atoms with Gasteiger partial charge in [-0.05, 0) is 29.8 Å². The molecule has 202 valence electrons. The first-order valence-corrected chi connectivity index (χ1v) is 14.0. The predicted octanol–water partition coefficient (Wildman–Crippen LogP) is 4.23. The summed E-state index contributed by atoms with van der Waals surface area (Å²) >= 11 is 1.31. The van der Waals surface area contributed by atoms with Crippen LogP contribution in [0.3, 0.4) is 0 Å². The Morgan fingerprint density at radius 1 is 0.975 bits per heavy atom. The molecule has 40 heavy (non-hydrogen) atoms. The van der Waals surface area contributed by atoms with Crippen LogP contribution < -0.4 is 4.90 Å². The number of rotatable bonds is 6. The molecule has 0 aliphatic carbocycles. The Morgan fingerprint density at radius 2 is 1.73 bits per heavy atom. The zero-order valence-electron chi connectivity index (χ0n) is 21.6. The van der Waals surface area contributed by atoms with Gasteiger partial charge < -0.3 is 9.80 Å². The molecule has 3 heterocycles. The van der Waals surface area contributed by atoms with Gasteiger partial charge in [0.25, 0.3) is 11.6 Å². The summed E-state index contributed by atoms with van der Waals surface area (Å²) in [4.78, 5) is 52.6. The number of piperazine rings is 1. The lowest BCUT2D eigenvalue weighted by Crippen LogP contribution is -2.49. The Labute approximate surface area is 235 Å². The van der Waals surface area contributed by atoms with Crippen LogP contribution in [0.1, 0.15) is 17.5 Å². The topological polar surface area (TPSA) is 112 Å². The maximum Gasteiger partial charge on any atom is 0.269 e. The first-order valence-electron chi connectivity index (χ1n) is 13.0. The highest BCUT2D eigenvalue weighted by molar-refractivity contribution is 8.13. The van der Waals surface area contributed by atoms with Gasteiger partial charge in [-0.15, -0.1) is 0 Å². The van der Waals surface area contributed by atoms with Crippen LogP contribution >= 0.6 is 11.8 Å². The first-order chi connectivity index (χ1) is 19.5. The van der Waals surface area contributed by atoms with Gasteiger partial charge >= 0.3 is 0 Å². The summed E-state index contributed by atoms with van der Waals surface area (Å²) in [5.41, 5.74) is 3.32. The molecule has 0 radical (unpaired) electrons. The number of nitro groups is 1. The minimum absolute atomic E-state index is 0.00480. The molecule has 0 unspecified atom stereocenters. The van der Waals surface area contributed by atoms with Gasteiger partial charge in [-0.3, -0.25) is 24.7 Å². The highest BCUT2D eigenvalue weighted by Gasteiger charge is 2.42. The summed E-state index contributed by atoms with van der Waals surface area (Å²) in [6.07, 6.45) is -0.00480. The summed E-state index contributed by atoms with van der Waals surface area (Å²) in [5.74, 6) is 0.496. The van der Waals surface area contributed by atoms with E-state index in [-0.39, 0.29) is 23.9 Å². The average Bonchev–Trinajstić information content (AvgIpc) is 3.32. The Morgan fingerprint density at radius 3 is 2.50 bits per heavy atom. The van der Waals surface area contributed by atoms with Crippen molar-refractivity contribution >= 4 is 51.6 Å². The lowest BCUT2D eigenvalue weighted by molar-refractivity contribution is -0.384. The maximum atomic E-state index is 13.6. The number of aliphatic imine (C=N–C) groups is 2. The van der Waals surface area contributed by atoms with Crippen molar-refractivity contribution in [3.8, 4) is 0 Å². The van der Waals surface area contributed by atoms with Gasteiger partial charge in [-0.2, -0.15) is 0 Å². The molecule has 0 aromatic heterocycles. The third-order valence-corrected chi connectivity index (χ3v) is 8.17. The summed E-state index contributed by atoms with van der Waals surface area (Å²) in [5, 5.41) is 11.6. The van der Waals surface area contributed by atoms with E-state index in [0.717, 1.165) is 29.9 Å². The van der Waals surface area contributed by atoms with Crippen LogP contribution in [-0.2, 0) is 15.3 Å². The summed E-state index contributed by atoms with van der Waals surface area (Å²) in [7, 11) is 0. The highest BCUT2D eigenvalue weighted by Crippen LogP contribution is 2.35. The first kappa shape index (κ1) is 25.8. The smallest absolute Gasteiger partial charge is 0.269 e. The number of amidine groups is 2. The Bertz CT molecular complexity index is 1530. The number of nitrogens with zero attached hydrogens (tertiary/aromatic N) is 6. The number of carbonyl (C=O) groups excluding carboxylic acids is 2. The standard InChI is InChI=1S/C29H26N6O4S/c36-26(33-15-13-32(14-16-33)21-8-2-1-3-9-21)18-25-28(37)34-27(30-25)23-11-4-5-12-24(23)31-29(34)40-19-20-7-6-10-22(17-20)35(38)39/h1-12,17,25H,13-16,18-19H2/t25-/m0/s1. The zero-order chi connectivity index (χ0) is 27.6. The van der Waals surface area contributed by atoms with Crippen molar-refractivity contribution in [3.05, 3.63) is 100 Å². The normalized spacial score (nSPS) is 18.1. The molecule has 3 aliphatic heterocycles. The molecule has 1 fully saturated rings. The lowest BCUT2D eigenvalue weighted by Gasteiger charge is -2.36. The van der Waals surface area contributed by atoms with E-state index in [1.165, 1.54) is 28.8 Å². The number of amides is 2. The monoisotopic (exact) mass is 554 g/mol. The lowest BCUT2D eigenvalue weighted by atomic mass is 10.1. The van der Waals surface area contributed by atoms with Crippen LogP contribution in [0.25, 0.3) is 0 Å². The van der Waals surface area contributed by atoms with Gasteiger partial charge in [0, 0.05) is 55.3 Å². The largest absolute Gasteiger partial charge is 0.368 e. The number of benzene rings is 3. The Kier molecular flexibility index (Phi) is 7.04. The SMILES string of the molecule is O=C(C[C@@H]1N=C2c3ccccc3N=C(SCc3cccc([N+](=O)[O-])c3)N2C1=O)N1CCN(c2ccccc2)CC1. The Hall–Kier alpha value is -4.51. The van der Waals surface area contributed by atoms with E-state index in [4.69, 9.17) is 9.98 Å². The Balaban J connectivity index is 1.16. The molecule has 1 atom stereocenters. The number of fused-ring (bicyclic) bond motifs is 3. The van der Waals surface area contributed by atoms with E-state index in [9.17, 15) is 19.7 Å². The number of thioether (sulfide) groups is 1. The van der Waals surface area contributed by atoms with E-state index < -0.39 is 11.0 Å². The third-order valence-electron chi connectivity index (χ3n) is 7.16. The van der Waals surface area contributed by atoms with Crippen molar-refractivity contribution in [1.82, 2.24) is 9.80 Å². The molecular formula is C29H26N6O4S. The van der Waals surface area contributed by atoms with Crippen LogP contribution in [0.2, 0.25) is 0 Å².